The van der Waals surface area contributed by atoms with Gasteiger partial charge in [0.15, 0.2) is 0 Å². The van der Waals surface area contributed by atoms with Crippen LogP contribution in [0.4, 0.5) is 0 Å². The molecule has 1 saturated heterocycles. The maximum absolute atomic E-state index is 12.6. The quantitative estimate of drug-likeness (QED) is 0.828. The topological polar surface area (TPSA) is 49.6 Å². The van der Waals surface area contributed by atoms with Crippen molar-refractivity contribution < 1.29 is 4.79 Å². The van der Waals surface area contributed by atoms with Crippen LogP contribution in [-0.4, -0.2) is 47.4 Å². The van der Waals surface area contributed by atoms with Crippen molar-refractivity contribution in [2.24, 2.45) is 17.6 Å². The molecule has 0 aromatic heterocycles. The molecule has 2 aliphatic rings. The molecule has 1 saturated carbocycles. The normalized spacial score (nSPS) is 22.4. The molecular formula is C21H33N3O. The number of amides is 1. The number of carbonyl (C=O) groups is 1. The minimum Gasteiger partial charge on any atom is -0.341 e. The van der Waals surface area contributed by atoms with Crippen LogP contribution in [0.1, 0.15) is 45.1 Å². The summed E-state index contributed by atoms with van der Waals surface area (Å²) in [7, 11) is 0. The zero-order valence-electron chi connectivity index (χ0n) is 15.7. The minimum absolute atomic E-state index is 0.140. The number of piperidine rings is 1. The molecule has 1 heterocycles. The summed E-state index contributed by atoms with van der Waals surface area (Å²) in [5, 5.41) is 0. The first kappa shape index (κ1) is 18.4. The van der Waals surface area contributed by atoms with Crippen LogP contribution in [0.5, 0.6) is 0 Å². The Hall–Kier alpha value is -1.39. The van der Waals surface area contributed by atoms with E-state index in [9.17, 15) is 4.79 Å². The molecule has 3 rings (SSSR count). The monoisotopic (exact) mass is 343 g/mol. The van der Waals surface area contributed by atoms with Gasteiger partial charge in [0.2, 0.25) is 5.91 Å². The number of likely N-dealkylation sites (tertiary alicyclic amines) is 1. The molecule has 0 spiro atoms. The van der Waals surface area contributed by atoms with Crippen molar-refractivity contribution in [3.05, 3.63) is 35.9 Å². The molecule has 1 aromatic rings. The van der Waals surface area contributed by atoms with Gasteiger partial charge in [-0.25, -0.2) is 0 Å². The van der Waals surface area contributed by atoms with Crippen LogP contribution in [0.25, 0.3) is 0 Å². The lowest BCUT2D eigenvalue weighted by Crippen LogP contribution is -2.51. The minimum atomic E-state index is -0.359. The Morgan fingerprint density at radius 3 is 2.60 bits per heavy atom. The van der Waals surface area contributed by atoms with E-state index in [-0.39, 0.29) is 17.9 Å². The van der Waals surface area contributed by atoms with Gasteiger partial charge >= 0.3 is 0 Å². The molecule has 4 heteroatoms. The average molecular weight is 344 g/mol. The van der Waals surface area contributed by atoms with Crippen LogP contribution >= 0.6 is 0 Å². The van der Waals surface area contributed by atoms with E-state index < -0.39 is 0 Å². The van der Waals surface area contributed by atoms with Crippen LogP contribution in [0.15, 0.2) is 30.3 Å². The molecule has 2 N–H and O–H groups in total. The zero-order chi connectivity index (χ0) is 17.8. The summed E-state index contributed by atoms with van der Waals surface area (Å²) in [5.41, 5.74) is 7.49. The number of hydrogen-bond donors (Lipinski definition) is 1. The van der Waals surface area contributed by atoms with Crippen LogP contribution < -0.4 is 5.73 Å². The van der Waals surface area contributed by atoms with Gasteiger partial charge < -0.3 is 10.6 Å². The van der Waals surface area contributed by atoms with Crippen molar-refractivity contribution in [1.82, 2.24) is 9.80 Å². The third-order valence-corrected chi connectivity index (χ3v) is 5.62. The molecule has 1 aliphatic heterocycles. The highest BCUT2D eigenvalue weighted by molar-refractivity contribution is 5.82. The van der Waals surface area contributed by atoms with Gasteiger partial charge in [-0.05, 0) is 43.1 Å². The van der Waals surface area contributed by atoms with Crippen molar-refractivity contribution in [2.45, 2.75) is 58.2 Å². The van der Waals surface area contributed by atoms with E-state index in [4.69, 9.17) is 5.73 Å². The molecule has 4 nitrogen and oxygen atoms in total. The maximum Gasteiger partial charge on any atom is 0.239 e. The lowest BCUT2D eigenvalue weighted by molar-refractivity contribution is -0.135. The van der Waals surface area contributed by atoms with Gasteiger partial charge in [-0.1, -0.05) is 44.2 Å². The third-order valence-electron chi connectivity index (χ3n) is 5.62. The van der Waals surface area contributed by atoms with Crippen molar-refractivity contribution in [3.8, 4) is 0 Å². The second-order valence-corrected chi connectivity index (χ2v) is 8.21. The van der Waals surface area contributed by atoms with Gasteiger partial charge in [0.25, 0.3) is 0 Å². The Morgan fingerprint density at radius 2 is 1.96 bits per heavy atom. The number of carbonyl (C=O) groups excluding carboxylic acids is 1. The van der Waals surface area contributed by atoms with E-state index in [1.54, 1.807) is 0 Å². The van der Waals surface area contributed by atoms with Crippen LogP contribution in [0, 0.1) is 11.8 Å². The fraction of sp³-hybridized carbons (Fsp3) is 0.667. The first-order valence-electron chi connectivity index (χ1n) is 9.87. The Labute approximate surface area is 152 Å². The van der Waals surface area contributed by atoms with Crippen LogP contribution in [0.3, 0.4) is 0 Å². The molecule has 0 radical (unpaired) electrons. The average Bonchev–Trinajstić information content (AvgIpc) is 3.46. The summed E-state index contributed by atoms with van der Waals surface area (Å²) in [6, 6.07) is 11.1. The highest BCUT2D eigenvalue weighted by Crippen LogP contribution is 2.30. The summed E-state index contributed by atoms with van der Waals surface area (Å²) < 4.78 is 0. The maximum atomic E-state index is 12.6. The first-order valence-corrected chi connectivity index (χ1v) is 9.87. The summed E-state index contributed by atoms with van der Waals surface area (Å²) in [6.45, 7) is 7.92. The van der Waals surface area contributed by atoms with E-state index in [1.165, 1.54) is 24.8 Å². The zero-order valence-corrected chi connectivity index (χ0v) is 15.7. The highest BCUT2D eigenvalue weighted by Gasteiger charge is 2.33. The van der Waals surface area contributed by atoms with Crippen LogP contribution in [-0.2, 0) is 11.3 Å². The molecule has 138 valence electrons. The number of benzene rings is 1. The summed E-state index contributed by atoms with van der Waals surface area (Å²) in [6.07, 6.45) is 4.96. The summed E-state index contributed by atoms with van der Waals surface area (Å²) >= 11 is 0. The number of hydrogen-bond acceptors (Lipinski definition) is 3. The van der Waals surface area contributed by atoms with Crippen molar-refractivity contribution in [2.75, 3.05) is 19.6 Å². The molecule has 1 unspecified atom stereocenters. The molecule has 1 amide bonds. The van der Waals surface area contributed by atoms with Gasteiger partial charge in [0.1, 0.15) is 0 Å². The molecule has 1 aromatic carbocycles. The first-order chi connectivity index (χ1) is 12.0. The predicted octanol–water partition coefficient (Wildman–Crippen LogP) is 2.87. The molecular weight excluding hydrogens is 310 g/mol. The standard InChI is InChI=1S/C21H33N3O/c1-16(2)20(22)21(25)23-12-6-9-18(14-23)15-24(19-10-11-19)13-17-7-4-3-5-8-17/h3-5,7-8,16,18-20H,6,9-15,22H2,1-2H3/t18?,20-/m0/s1. The Kier molecular flexibility index (Phi) is 6.13. The Balaban J connectivity index is 1.57. The van der Waals surface area contributed by atoms with Crippen molar-refractivity contribution in [3.63, 3.8) is 0 Å². The second kappa shape index (κ2) is 8.33. The van der Waals surface area contributed by atoms with Crippen molar-refractivity contribution >= 4 is 5.91 Å². The number of rotatable bonds is 7. The van der Waals surface area contributed by atoms with Gasteiger partial charge in [-0.2, -0.15) is 0 Å². The molecule has 2 fully saturated rings. The molecule has 25 heavy (non-hydrogen) atoms. The van der Waals surface area contributed by atoms with Crippen molar-refractivity contribution in [1.29, 1.82) is 0 Å². The fourth-order valence-corrected chi connectivity index (χ4v) is 3.84. The smallest absolute Gasteiger partial charge is 0.239 e. The largest absolute Gasteiger partial charge is 0.341 e. The SMILES string of the molecule is CC(C)[C@H](N)C(=O)N1CCCC(CN(Cc2ccccc2)C2CC2)C1. The Morgan fingerprint density at radius 1 is 1.24 bits per heavy atom. The predicted molar refractivity (Wildman–Crippen MR) is 102 cm³/mol. The molecule has 0 bridgehead atoms. The summed E-state index contributed by atoms with van der Waals surface area (Å²) in [4.78, 5) is 17.3. The lowest BCUT2D eigenvalue weighted by atomic mass is 9.95. The van der Waals surface area contributed by atoms with E-state index in [2.05, 4.69) is 35.2 Å². The number of nitrogens with zero attached hydrogens (tertiary/aromatic N) is 2. The van der Waals surface area contributed by atoms with Gasteiger partial charge in [0, 0.05) is 32.2 Å². The highest BCUT2D eigenvalue weighted by atomic mass is 16.2. The van der Waals surface area contributed by atoms with Gasteiger partial charge in [0.05, 0.1) is 6.04 Å². The summed E-state index contributed by atoms with van der Waals surface area (Å²) in [5.74, 6) is 0.913. The lowest BCUT2D eigenvalue weighted by Gasteiger charge is -2.37. The molecule has 1 aliphatic carbocycles. The Bertz CT molecular complexity index is 556. The number of nitrogens with two attached hydrogens (primary N) is 1. The fourth-order valence-electron chi connectivity index (χ4n) is 3.84. The van der Waals surface area contributed by atoms with E-state index in [1.807, 2.05) is 18.7 Å². The van der Waals surface area contributed by atoms with Gasteiger partial charge in [-0.3, -0.25) is 9.69 Å². The third kappa shape index (κ3) is 5.05. The molecule has 2 atom stereocenters. The van der Waals surface area contributed by atoms with E-state index >= 15 is 0 Å². The van der Waals surface area contributed by atoms with E-state index in [0.717, 1.165) is 38.6 Å². The van der Waals surface area contributed by atoms with Crippen LogP contribution in [0.2, 0.25) is 0 Å². The van der Waals surface area contributed by atoms with E-state index in [0.29, 0.717) is 5.92 Å². The second-order valence-electron chi connectivity index (χ2n) is 8.21. The van der Waals surface area contributed by atoms with Gasteiger partial charge in [-0.15, -0.1) is 0 Å².